The van der Waals surface area contributed by atoms with E-state index < -0.39 is 5.91 Å². The van der Waals surface area contributed by atoms with Gasteiger partial charge in [0.1, 0.15) is 17.7 Å². The number of aryl methyl sites for hydroxylation is 1. The van der Waals surface area contributed by atoms with Gasteiger partial charge in [0.2, 0.25) is 5.95 Å². The van der Waals surface area contributed by atoms with Crippen molar-refractivity contribution in [3.05, 3.63) is 48.7 Å². The Morgan fingerprint density at radius 1 is 1.07 bits per heavy atom. The second-order valence-electron chi connectivity index (χ2n) is 11.5. The summed E-state index contributed by atoms with van der Waals surface area (Å²) in [6.45, 7) is 0. The lowest BCUT2D eigenvalue weighted by Crippen LogP contribution is -2.52. The van der Waals surface area contributed by atoms with Crippen molar-refractivity contribution >= 4 is 29.0 Å². The fourth-order valence-electron chi connectivity index (χ4n) is 7.46. The molecule has 206 valence electrons. The smallest absolute Gasteiger partial charge is 0.254 e. The van der Waals surface area contributed by atoms with Crippen LogP contribution in [0.3, 0.4) is 0 Å². The Labute approximate surface area is 231 Å². The number of aromatic nitrogens is 7. The molecule has 4 aliphatic rings. The molecule has 12 nitrogen and oxygen atoms in total. The van der Waals surface area contributed by atoms with Crippen LogP contribution in [-0.2, 0) is 12.6 Å². The molecule has 4 aliphatic carbocycles. The van der Waals surface area contributed by atoms with E-state index in [1.807, 2.05) is 24.4 Å². The van der Waals surface area contributed by atoms with Crippen molar-refractivity contribution in [3.8, 4) is 17.1 Å². The highest BCUT2D eigenvalue weighted by Crippen LogP contribution is 2.58. The molecule has 12 heteroatoms. The number of nitrogens with one attached hydrogen (secondary N) is 2. The first-order valence-electron chi connectivity index (χ1n) is 13.7. The normalized spacial score (nSPS) is 24.7. The van der Waals surface area contributed by atoms with Crippen molar-refractivity contribution < 1.29 is 9.53 Å². The summed E-state index contributed by atoms with van der Waals surface area (Å²) >= 11 is 0. The summed E-state index contributed by atoms with van der Waals surface area (Å²) in [7, 11) is 3.36. The Kier molecular flexibility index (Phi) is 5.72. The second kappa shape index (κ2) is 9.32. The highest BCUT2D eigenvalue weighted by atomic mass is 16.5. The average molecular weight is 541 g/mol. The van der Waals surface area contributed by atoms with Gasteiger partial charge in [-0.1, -0.05) is 6.07 Å². The Morgan fingerprint density at radius 2 is 1.82 bits per heavy atom. The van der Waals surface area contributed by atoms with Gasteiger partial charge in [-0.15, -0.1) is 0 Å². The molecular weight excluding hydrogens is 508 g/mol. The first kappa shape index (κ1) is 24.6. The van der Waals surface area contributed by atoms with Crippen molar-refractivity contribution in [1.29, 1.82) is 0 Å². The van der Waals surface area contributed by atoms with Crippen molar-refractivity contribution in [2.24, 2.45) is 30.5 Å². The Hall–Kier alpha value is -4.48. The van der Waals surface area contributed by atoms with Gasteiger partial charge in [0.05, 0.1) is 35.8 Å². The highest BCUT2D eigenvalue weighted by Gasteiger charge is 2.52. The zero-order valence-corrected chi connectivity index (χ0v) is 22.5. The Bertz CT molecular complexity index is 1560. The summed E-state index contributed by atoms with van der Waals surface area (Å²) in [5.74, 6) is 3.43. The summed E-state index contributed by atoms with van der Waals surface area (Å²) in [6, 6.07) is 5.53. The molecule has 0 unspecified atom stereocenters. The molecule has 8 rings (SSSR count). The number of carbonyl (C=O) groups is 1. The van der Waals surface area contributed by atoms with Crippen LogP contribution in [0.5, 0.6) is 5.75 Å². The van der Waals surface area contributed by atoms with Crippen molar-refractivity contribution in [3.63, 3.8) is 0 Å². The quantitative estimate of drug-likeness (QED) is 0.301. The van der Waals surface area contributed by atoms with Crippen LogP contribution in [0.2, 0.25) is 0 Å². The molecule has 4 N–H and O–H groups in total. The summed E-state index contributed by atoms with van der Waals surface area (Å²) in [6.07, 6.45) is 14.7. The third kappa shape index (κ3) is 4.23. The molecule has 1 amide bonds. The lowest BCUT2D eigenvalue weighted by Gasteiger charge is -2.56. The Balaban J connectivity index is 1.16. The second-order valence-corrected chi connectivity index (χ2v) is 11.5. The van der Waals surface area contributed by atoms with Gasteiger partial charge in [0.15, 0.2) is 11.6 Å². The first-order chi connectivity index (χ1) is 19.4. The number of nitrogens with two attached hydrogens (primary N) is 1. The number of anilines is 4. The maximum Gasteiger partial charge on any atom is 0.254 e. The number of benzene rings is 1. The SMILES string of the molecule is COc1c(Nc2nc(Nc3cnn([C@]45C[C@H]6C[C@H](C[C@H](C6)C4)C5)c3)ncc2C(N)=O)cccc1-c1ncn(C)n1. The summed E-state index contributed by atoms with van der Waals surface area (Å²) in [5.41, 5.74) is 8.02. The number of rotatable bonds is 8. The van der Waals surface area contributed by atoms with Crippen LogP contribution < -0.4 is 21.1 Å². The number of para-hydroxylation sites is 1. The molecule has 1 aromatic carbocycles. The van der Waals surface area contributed by atoms with Crippen LogP contribution in [0.4, 0.5) is 23.1 Å². The average Bonchev–Trinajstić information content (AvgIpc) is 3.57. The number of methoxy groups -OCH3 is 1. The minimum Gasteiger partial charge on any atom is -0.494 e. The minimum atomic E-state index is -0.648. The molecule has 40 heavy (non-hydrogen) atoms. The molecule has 4 saturated carbocycles. The van der Waals surface area contributed by atoms with E-state index in [1.54, 1.807) is 25.2 Å². The molecule has 0 aliphatic heterocycles. The van der Waals surface area contributed by atoms with E-state index in [0.717, 1.165) is 23.4 Å². The topological polar surface area (TPSA) is 151 Å². The fraction of sp³-hybridized carbons (Fsp3) is 0.429. The zero-order valence-electron chi connectivity index (χ0n) is 22.5. The first-order valence-corrected chi connectivity index (χ1v) is 13.7. The molecule has 0 saturated heterocycles. The van der Waals surface area contributed by atoms with E-state index in [1.165, 1.54) is 44.7 Å². The number of hydrogen-bond acceptors (Lipinski definition) is 9. The lowest BCUT2D eigenvalue weighted by molar-refractivity contribution is -0.0493. The van der Waals surface area contributed by atoms with Gasteiger partial charge < -0.3 is 21.1 Å². The van der Waals surface area contributed by atoms with Gasteiger partial charge in [-0.25, -0.2) is 9.97 Å². The summed E-state index contributed by atoms with van der Waals surface area (Å²) in [4.78, 5) is 25.5. The van der Waals surface area contributed by atoms with Crippen LogP contribution in [-0.4, -0.2) is 47.5 Å². The van der Waals surface area contributed by atoms with E-state index in [0.29, 0.717) is 28.8 Å². The number of carbonyl (C=O) groups excluding carboxylic acids is 1. The third-order valence-electron chi connectivity index (χ3n) is 8.70. The number of primary amides is 1. The molecule has 3 heterocycles. The molecule has 0 atom stereocenters. The van der Waals surface area contributed by atoms with Crippen LogP contribution >= 0.6 is 0 Å². The maximum absolute atomic E-state index is 12.3. The van der Waals surface area contributed by atoms with Gasteiger partial charge in [-0.05, 0) is 68.4 Å². The standard InChI is InChI=1S/C28H32N10O2/c1-37-15-31-25(36-37)20-4-3-5-22(23(20)40-2)34-26-21(24(29)39)13-30-27(35-26)33-19-12-32-38(14-19)28-9-16-6-17(10-28)8-18(7-16)11-28/h3-5,12-18H,6-11H2,1-2H3,(H2,29,39)(H2,30,33,34,35)/t16-,17+,18-,28-. The van der Waals surface area contributed by atoms with Gasteiger partial charge in [0.25, 0.3) is 5.91 Å². The predicted molar refractivity (Wildman–Crippen MR) is 148 cm³/mol. The van der Waals surface area contributed by atoms with Crippen molar-refractivity contribution in [1.82, 2.24) is 34.5 Å². The monoisotopic (exact) mass is 540 g/mol. The minimum absolute atomic E-state index is 0.127. The van der Waals surface area contributed by atoms with Crippen LogP contribution in [0.15, 0.2) is 43.1 Å². The molecule has 0 spiro atoms. The largest absolute Gasteiger partial charge is 0.494 e. The van der Waals surface area contributed by atoms with Crippen LogP contribution in [0.25, 0.3) is 11.4 Å². The number of hydrogen-bond donors (Lipinski definition) is 3. The summed E-state index contributed by atoms with van der Waals surface area (Å²) in [5, 5.41) is 15.6. The van der Waals surface area contributed by atoms with Crippen molar-refractivity contribution in [2.45, 2.75) is 44.1 Å². The zero-order chi connectivity index (χ0) is 27.4. The van der Waals surface area contributed by atoms with E-state index in [-0.39, 0.29) is 16.9 Å². The van der Waals surface area contributed by atoms with E-state index >= 15 is 0 Å². The molecule has 4 bridgehead atoms. The molecule has 4 fully saturated rings. The Morgan fingerprint density at radius 3 is 2.48 bits per heavy atom. The van der Waals surface area contributed by atoms with E-state index in [2.05, 4.69) is 41.6 Å². The number of ether oxygens (including phenoxy) is 1. The van der Waals surface area contributed by atoms with E-state index in [9.17, 15) is 4.79 Å². The maximum atomic E-state index is 12.3. The fourth-order valence-corrected chi connectivity index (χ4v) is 7.46. The third-order valence-corrected chi connectivity index (χ3v) is 8.70. The highest BCUT2D eigenvalue weighted by molar-refractivity contribution is 5.98. The summed E-state index contributed by atoms with van der Waals surface area (Å²) < 4.78 is 9.50. The predicted octanol–water partition coefficient (Wildman–Crippen LogP) is 3.99. The molecule has 0 radical (unpaired) electrons. The number of amides is 1. The van der Waals surface area contributed by atoms with Gasteiger partial charge in [0, 0.05) is 19.4 Å². The van der Waals surface area contributed by atoms with Crippen LogP contribution in [0, 0.1) is 17.8 Å². The van der Waals surface area contributed by atoms with Crippen molar-refractivity contribution in [2.75, 3.05) is 17.7 Å². The van der Waals surface area contributed by atoms with Gasteiger partial charge in [-0.3, -0.25) is 14.2 Å². The molecule has 3 aromatic heterocycles. The number of nitrogens with zero attached hydrogens (tertiary/aromatic N) is 7. The lowest BCUT2D eigenvalue weighted by atomic mass is 9.53. The van der Waals surface area contributed by atoms with E-state index in [4.69, 9.17) is 15.6 Å². The molecular formula is C28H32N10O2. The van der Waals surface area contributed by atoms with Gasteiger partial charge >= 0.3 is 0 Å². The molecule has 4 aromatic rings. The van der Waals surface area contributed by atoms with Gasteiger partial charge in [-0.2, -0.15) is 15.2 Å². The van der Waals surface area contributed by atoms with Crippen LogP contribution in [0.1, 0.15) is 48.9 Å².